The molecule has 2 aromatic heterocycles. The molecule has 0 spiro atoms. The van der Waals surface area contributed by atoms with Crippen molar-refractivity contribution < 1.29 is 37.7 Å². The number of rotatable bonds is 8. The van der Waals surface area contributed by atoms with Gasteiger partial charge >= 0.3 is 5.97 Å². The predicted octanol–water partition coefficient (Wildman–Crippen LogP) is 6.98. The van der Waals surface area contributed by atoms with E-state index in [4.69, 9.17) is 19.7 Å². The zero-order valence-electron chi connectivity index (χ0n) is 28.2. The zero-order chi connectivity index (χ0) is 36.7. The molecule has 12 heteroatoms. The third kappa shape index (κ3) is 7.43. The molecule has 9 nitrogen and oxygen atoms in total. The van der Waals surface area contributed by atoms with Gasteiger partial charge in [-0.05, 0) is 74.0 Å². The molecule has 1 aliphatic rings. The summed E-state index contributed by atoms with van der Waals surface area (Å²) in [6, 6.07) is 15.0. The van der Waals surface area contributed by atoms with Gasteiger partial charge in [-0.15, -0.1) is 0 Å². The van der Waals surface area contributed by atoms with Crippen molar-refractivity contribution in [2.75, 3.05) is 13.2 Å². The largest absolute Gasteiger partial charge is 0.484 e. The molecule has 6 rings (SSSR count). The molecule has 0 saturated carbocycles. The number of aromatic nitrogens is 3. The van der Waals surface area contributed by atoms with Gasteiger partial charge in [0.15, 0.2) is 11.6 Å². The molecule has 1 unspecified atom stereocenters. The van der Waals surface area contributed by atoms with Crippen LogP contribution in [0, 0.1) is 46.0 Å². The lowest BCUT2D eigenvalue weighted by Crippen LogP contribution is -2.27. The van der Waals surface area contributed by atoms with E-state index >= 15 is 8.78 Å². The van der Waals surface area contributed by atoms with Gasteiger partial charge in [-0.2, -0.15) is 5.26 Å². The maximum atomic E-state index is 15.9. The smallest absolute Gasteiger partial charge is 0.335 e. The first kappa shape index (κ1) is 35.1. The number of aliphatic hydroxyl groups is 1. The maximum absolute atomic E-state index is 15.9. The van der Waals surface area contributed by atoms with Crippen LogP contribution < -0.4 is 4.74 Å². The van der Waals surface area contributed by atoms with Gasteiger partial charge in [-0.25, -0.2) is 27.9 Å². The lowest BCUT2D eigenvalue weighted by Gasteiger charge is -2.28. The standard InChI is InChI=1S/C39H33F3N4O5/c1-38(2)21-50-20-34(38)46-32-15-25(37(47)48)13-23(10-11-39(3,4)49)36(32)45-35(46)16-24-14-29(41)27(17-28(24)40)31-7-5-6-26(44-31)19-51-33-9-8-22(18-43)12-30(33)42/h5-9,12-15,17,34,49H,16,19-21H2,1-4H3,(H,47,48). The monoisotopic (exact) mass is 694 g/mol. The Morgan fingerprint density at radius 2 is 1.86 bits per heavy atom. The molecule has 1 fully saturated rings. The SMILES string of the molecule is CC(C)(O)C#Cc1cc(C(=O)O)cc2c1nc(Cc1cc(F)c(-c3cccc(COc4ccc(C#N)cc4F)n3)cc1F)n2C1COCC1(C)C. The fourth-order valence-electron chi connectivity index (χ4n) is 5.97. The lowest BCUT2D eigenvalue weighted by molar-refractivity contribution is 0.0697. The first-order chi connectivity index (χ1) is 24.1. The van der Waals surface area contributed by atoms with E-state index in [1.54, 1.807) is 12.1 Å². The molecule has 1 saturated heterocycles. The first-order valence-corrected chi connectivity index (χ1v) is 16.0. The molecule has 5 aromatic rings. The van der Waals surface area contributed by atoms with Crippen molar-refractivity contribution >= 4 is 17.0 Å². The lowest BCUT2D eigenvalue weighted by atomic mass is 9.87. The van der Waals surface area contributed by atoms with Crippen LogP contribution in [0.2, 0.25) is 0 Å². The Labute approximate surface area is 291 Å². The number of halogens is 3. The molecule has 2 N–H and O–H groups in total. The number of fused-ring (bicyclic) bond motifs is 1. The first-order valence-electron chi connectivity index (χ1n) is 16.0. The normalized spacial score (nSPS) is 15.3. The van der Waals surface area contributed by atoms with E-state index < -0.39 is 34.4 Å². The topological polar surface area (TPSA) is 130 Å². The number of nitrogens with zero attached hydrogens (tertiary/aromatic N) is 4. The molecule has 1 aliphatic heterocycles. The molecule has 1 atom stereocenters. The highest BCUT2D eigenvalue weighted by Crippen LogP contribution is 2.41. The number of nitriles is 1. The van der Waals surface area contributed by atoms with Crippen molar-refractivity contribution in [2.45, 2.75) is 52.4 Å². The Morgan fingerprint density at radius 1 is 1.08 bits per heavy atom. The zero-order valence-corrected chi connectivity index (χ0v) is 28.2. The molecule has 260 valence electrons. The summed E-state index contributed by atoms with van der Waals surface area (Å²) in [6.45, 7) is 7.53. The van der Waals surface area contributed by atoms with Crippen molar-refractivity contribution in [3.8, 4) is 34.9 Å². The fraction of sp³-hybridized carbons (Fsp3) is 0.282. The molecule has 0 bridgehead atoms. The Bertz CT molecular complexity index is 2290. The Balaban J connectivity index is 1.37. The molecule has 3 heterocycles. The maximum Gasteiger partial charge on any atom is 0.335 e. The molecule has 3 aromatic carbocycles. The second kappa shape index (κ2) is 13.6. The summed E-state index contributed by atoms with van der Waals surface area (Å²) in [5.74, 6) is 2.48. The van der Waals surface area contributed by atoms with Crippen LogP contribution in [-0.4, -0.2) is 49.5 Å². The van der Waals surface area contributed by atoms with Gasteiger partial charge in [0.2, 0.25) is 0 Å². The molecule has 0 radical (unpaired) electrons. The highest BCUT2D eigenvalue weighted by molar-refractivity contribution is 5.95. The van der Waals surface area contributed by atoms with Gasteiger partial charge in [0.05, 0.1) is 58.9 Å². The average Bonchev–Trinajstić information content (AvgIpc) is 3.61. The van der Waals surface area contributed by atoms with Crippen LogP contribution in [-0.2, 0) is 17.8 Å². The number of pyridine rings is 1. The summed E-state index contributed by atoms with van der Waals surface area (Å²) in [5.41, 5.74) is -0.259. The molecule has 51 heavy (non-hydrogen) atoms. The summed E-state index contributed by atoms with van der Waals surface area (Å²) >= 11 is 0. The number of carbonyl (C=O) groups is 1. The number of hydrogen-bond acceptors (Lipinski definition) is 7. The second-order valence-corrected chi connectivity index (χ2v) is 13.6. The van der Waals surface area contributed by atoms with Crippen molar-refractivity contribution in [1.29, 1.82) is 5.26 Å². The van der Waals surface area contributed by atoms with Gasteiger partial charge < -0.3 is 24.3 Å². The highest BCUT2D eigenvalue weighted by atomic mass is 19.1. The van der Waals surface area contributed by atoms with Gasteiger partial charge in [0.25, 0.3) is 0 Å². The van der Waals surface area contributed by atoms with Crippen molar-refractivity contribution in [3.63, 3.8) is 0 Å². The summed E-state index contributed by atoms with van der Waals surface area (Å²) in [6.07, 6.45) is -0.150. The number of ether oxygens (including phenoxy) is 2. The summed E-state index contributed by atoms with van der Waals surface area (Å²) in [5, 5.41) is 29.1. The van der Waals surface area contributed by atoms with Crippen molar-refractivity contribution in [1.82, 2.24) is 14.5 Å². The number of aromatic carboxylic acids is 1. The van der Waals surface area contributed by atoms with E-state index in [1.165, 1.54) is 44.2 Å². The van der Waals surface area contributed by atoms with E-state index in [0.717, 1.165) is 18.2 Å². The minimum Gasteiger partial charge on any atom is -0.484 e. The van der Waals surface area contributed by atoms with Crippen molar-refractivity contribution in [3.05, 3.63) is 112 Å². The Hall–Kier alpha value is -5.69. The third-order valence-electron chi connectivity index (χ3n) is 8.59. The van der Waals surface area contributed by atoms with E-state index in [2.05, 4.69) is 16.8 Å². The van der Waals surface area contributed by atoms with Gasteiger partial charge in [-0.1, -0.05) is 31.8 Å². The number of hydrogen-bond donors (Lipinski definition) is 2. The van der Waals surface area contributed by atoms with E-state index in [9.17, 15) is 19.4 Å². The van der Waals surface area contributed by atoms with E-state index in [0.29, 0.717) is 29.2 Å². The predicted molar refractivity (Wildman–Crippen MR) is 181 cm³/mol. The fourth-order valence-corrected chi connectivity index (χ4v) is 5.97. The van der Waals surface area contributed by atoms with Crippen LogP contribution in [0.4, 0.5) is 13.2 Å². The van der Waals surface area contributed by atoms with Crippen LogP contribution in [0.25, 0.3) is 22.3 Å². The van der Waals surface area contributed by atoms with Gasteiger partial charge in [-0.3, -0.25) is 0 Å². The third-order valence-corrected chi connectivity index (χ3v) is 8.59. The number of carboxylic acid groups (broad SMARTS) is 1. The summed E-state index contributed by atoms with van der Waals surface area (Å²) in [4.78, 5) is 21.4. The highest BCUT2D eigenvalue weighted by Gasteiger charge is 2.39. The quantitative estimate of drug-likeness (QED) is 0.167. The minimum absolute atomic E-state index is 0.00268. The van der Waals surface area contributed by atoms with Gasteiger partial charge in [0, 0.05) is 17.4 Å². The van der Waals surface area contributed by atoms with E-state index in [-0.39, 0.29) is 64.9 Å². The van der Waals surface area contributed by atoms with Crippen LogP contribution in [0.1, 0.15) is 72.3 Å². The summed E-state index contributed by atoms with van der Waals surface area (Å²) < 4.78 is 59.2. The molecule has 0 aliphatic carbocycles. The van der Waals surface area contributed by atoms with Crippen LogP contribution in [0.3, 0.4) is 0 Å². The minimum atomic E-state index is -1.37. The summed E-state index contributed by atoms with van der Waals surface area (Å²) in [7, 11) is 0. The Morgan fingerprint density at radius 3 is 2.53 bits per heavy atom. The number of carboxylic acids is 1. The average molecular weight is 695 g/mol. The van der Waals surface area contributed by atoms with Crippen LogP contribution >= 0.6 is 0 Å². The van der Waals surface area contributed by atoms with Gasteiger partial charge in [0.1, 0.15) is 35.2 Å². The number of imidazole rings is 1. The Kier molecular flexibility index (Phi) is 9.34. The molecular weight excluding hydrogens is 661 g/mol. The molecular formula is C39H33F3N4O5. The van der Waals surface area contributed by atoms with E-state index in [1.807, 2.05) is 24.5 Å². The molecule has 0 amide bonds. The van der Waals surface area contributed by atoms with Crippen LogP contribution in [0.5, 0.6) is 5.75 Å². The van der Waals surface area contributed by atoms with Crippen molar-refractivity contribution in [2.24, 2.45) is 5.41 Å². The second-order valence-electron chi connectivity index (χ2n) is 13.6. The number of benzene rings is 3. The van der Waals surface area contributed by atoms with Crippen LogP contribution in [0.15, 0.2) is 60.7 Å².